The number of ether oxygens (including phenoxy) is 2. The molecule has 0 fully saturated rings. The second-order valence-electron chi connectivity index (χ2n) is 8.17. The number of carboxylic acids is 1. The summed E-state index contributed by atoms with van der Waals surface area (Å²) < 4.78 is 12.7. The molecule has 0 spiro atoms. The van der Waals surface area contributed by atoms with Crippen LogP contribution in [-0.2, 0) is 13.0 Å². The van der Waals surface area contributed by atoms with Gasteiger partial charge in [-0.2, -0.15) is 9.61 Å². The highest BCUT2D eigenvalue weighted by atomic mass is 16.5. The average molecular weight is 460 g/mol. The Morgan fingerprint density at radius 3 is 2.85 bits per heavy atom. The molecule has 0 saturated carbocycles. The Hall–Kier alpha value is -4.27. The number of aromatic carboxylic acids is 1. The van der Waals surface area contributed by atoms with Gasteiger partial charge in [-0.15, -0.1) is 0 Å². The van der Waals surface area contributed by atoms with E-state index < -0.39 is 5.97 Å². The zero-order valence-corrected chi connectivity index (χ0v) is 19.0. The second kappa shape index (κ2) is 8.93. The molecule has 2 aromatic heterocycles. The predicted octanol–water partition coefficient (Wildman–Crippen LogP) is 4.14. The third kappa shape index (κ3) is 4.07. The lowest BCUT2D eigenvalue weighted by Gasteiger charge is -2.23. The van der Waals surface area contributed by atoms with E-state index in [9.17, 15) is 9.90 Å². The molecular formula is C25H25N5O4. The molecular weight excluding hydrogens is 434 g/mol. The Balaban J connectivity index is 1.54. The summed E-state index contributed by atoms with van der Waals surface area (Å²) in [6.07, 6.45) is 3.27. The molecule has 34 heavy (non-hydrogen) atoms. The molecule has 1 aliphatic heterocycles. The van der Waals surface area contributed by atoms with Crippen LogP contribution < -0.4 is 19.7 Å². The number of nitrogens with zero attached hydrogens (tertiary/aromatic N) is 4. The highest BCUT2D eigenvalue weighted by Crippen LogP contribution is 2.35. The van der Waals surface area contributed by atoms with Gasteiger partial charge in [0.05, 0.1) is 25.6 Å². The highest BCUT2D eigenvalue weighted by Gasteiger charge is 2.20. The normalized spacial score (nSPS) is 12.6. The number of hydrogen-bond acceptors (Lipinski definition) is 7. The number of aryl methyl sites for hydroxylation is 1. The Morgan fingerprint density at radius 2 is 2.09 bits per heavy atom. The van der Waals surface area contributed by atoms with Crippen molar-refractivity contribution >= 4 is 28.9 Å². The summed E-state index contributed by atoms with van der Waals surface area (Å²) in [4.78, 5) is 18.4. The van der Waals surface area contributed by atoms with E-state index >= 15 is 0 Å². The summed E-state index contributed by atoms with van der Waals surface area (Å²) in [6, 6.07) is 15.6. The number of rotatable bonds is 7. The largest absolute Gasteiger partial charge is 0.497 e. The topological polar surface area (TPSA) is 101 Å². The van der Waals surface area contributed by atoms with E-state index in [0.717, 1.165) is 41.2 Å². The van der Waals surface area contributed by atoms with Crippen LogP contribution in [-0.4, -0.2) is 46.4 Å². The lowest BCUT2D eigenvalue weighted by molar-refractivity contribution is 0.0698. The monoisotopic (exact) mass is 459 g/mol. The number of hydrogen-bond donors (Lipinski definition) is 2. The van der Waals surface area contributed by atoms with Gasteiger partial charge in [0.15, 0.2) is 5.65 Å². The zero-order valence-electron chi connectivity index (χ0n) is 19.0. The van der Waals surface area contributed by atoms with Crippen LogP contribution in [0.2, 0.25) is 0 Å². The second-order valence-corrected chi connectivity index (χ2v) is 8.17. The van der Waals surface area contributed by atoms with E-state index in [1.807, 2.05) is 54.4 Å². The summed E-state index contributed by atoms with van der Waals surface area (Å²) >= 11 is 0. The summed E-state index contributed by atoms with van der Waals surface area (Å²) in [6.45, 7) is 1.24. The summed E-state index contributed by atoms with van der Waals surface area (Å²) in [5.74, 6) is 1.73. The number of carboxylic acid groups (broad SMARTS) is 1. The minimum atomic E-state index is -1.08. The van der Waals surface area contributed by atoms with Crippen LogP contribution in [0.3, 0.4) is 0 Å². The fourth-order valence-electron chi connectivity index (χ4n) is 4.15. The van der Waals surface area contributed by atoms with Crippen LogP contribution in [0.5, 0.6) is 11.5 Å². The fraction of sp³-hybridized carbons (Fsp3) is 0.240. The third-order valence-corrected chi connectivity index (χ3v) is 5.85. The van der Waals surface area contributed by atoms with Crippen molar-refractivity contribution in [3.05, 3.63) is 71.4 Å². The van der Waals surface area contributed by atoms with Crippen molar-refractivity contribution in [1.29, 1.82) is 0 Å². The number of nitrogens with one attached hydrogen (secondary N) is 1. The maximum atomic E-state index is 11.8. The predicted molar refractivity (Wildman–Crippen MR) is 129 cm³/mol. The molecule has 174 valence electrons. The molecule has 4 aromatic rings. The van der Waals surface area contributed by atoms with Crippen molar-refractivity contribution < 1.29 is 19.4 Å². The molecule has 0 bridgehead atoms. The first-order valence-electron chi connectivity index (χ1n) is 11.0. The molecule has 0 saturated heterocycles. The Morgan fingerprint density at radius 1 is 1.26 bits per heavy atom. The lowest BCUT2D eigenvalue weighted by Crippen LogP contribution is -2.20. The summed E-state index contributed by atoms with van der Waals surface area (Å²) in [7, 11) is 3.56. The standard InChI is InChI=1S/C25H25N5O4/c1-29(15-16-8-10-18(33-2)11-9-16)22-13-21(28-24-19(25(31)32)14-26-30(22)24)27-20-7-3-5-17-6-4-12-34-23(17)20/h3,5,7-11,13-14H,4,6,12,15H2,1-2H3,(H,27,28)(H,31,32). The number of methoxy groups -OCH3 is 1. The van der Waals surface area contributed by atoms with Gasteiger partial charge in [0.25, 0.3) is 0 Å². The molecule has 0 atom stereocenters. The van der Waals surface area contributed by atoms with Crippen molar-refractivity contribution in [2.24, 2.45) is 0 Å². The van der Waals surface area contributed by atoms with E-state index in [4.69, 9.17) is 9.47 Å². The van der Waals surface area contributed by atoms with Gasteiger partial charge >= 0.3 is 5.97 Å². The van der Waals surface area contributed by atoms with Crippen LogP contribution in [0.1, 0.15) is 27.9 Å². The molecule has 2 aromatic carbocycles. The van der Waals surface area contributed by atoms with Gasteiger partial charge in [-0.1, -0.05) is 24.3 Å². The number of para-hydroxylation sites is 1. The summed E-state index contributed by atoms with van der Waals surface area (Å²) in [5, 5.41) is 17.3. The molecule has 2 N–H and O–H groups in total. The number of carbonyl (C=O) groups is 1. The number of fused-ring (bicyclic) bond motifs is 2. The molecule has 5 rings (SSSR count). The Kier molecular flexibility index (Phi) is 5.67. The minimum absolute atomic E-state index is 0.0362. The van der Waals surface area contributed by atoms with E-state index in [-0.39, 0.29) is 11.2 Å². The van der Waals surface area contributed by atoms with E-state index in [1.165, 1.54) is 6.20 Å². The Labute approximate surface area is 196 Å². The molecule has 0 unspecified atom stereocenters. The first-order valence-corrected chi connectivity index (χ1v) is 11.0. The Bertz CT molecular complexity index is 1350. The molecule has 0 aliphatic carbocycles. The molecule has 0 amide bonds. The van der Waals surface area contributed by atoms with Gasteiger partial charge in [-0.25, -0.2) is 9.78 Å². The van der Waals surface area contributed by atoms with Gasteiger partial charge < -0.3 is 24.8 Å². The number of anilines is 3. The van der Waals surface area contributed by atoms with Gasteiger partial charge in [0, 0.05) is 19.7 Å². The smallest absolute Gasteiger partial charge is 0.341 e. The van der Waals surface area contributed by atoms with Crippen LogP contribution in [0.15, 0.2) is 54.7 Å². The zero-order chi connectivity index (χ0) is 23.7. The third-order valence-electron chi connectivity index (χ3n) is 5.85. The molecule has 1 aliphatic rings. The van der Waals surface area contributed by atoms with Crippen LogP contribution in [0.25, 0.3) is 5.65 Å². The van der Waals surface area contributed by atoms with Crippen molar-refractivity contribution in [1.82, 2.24) is 14.6 Å². The summed E-state index contributed by atoms with van der Waals surface area (Å²) in [5.41, 5.74) is 3.31. The van der Waals surface area contributed by atoms with Gasteiger partial charge in [0.1, 0.15) is 28.7 Å². The molecule has 3 heterocycles. The lowest BCUT2D eigenvalue weighted by atomic mass is 10.1. The average Bonchev–Trinajstić information content (AvgIpc) is 3.28. The quantitative estimate of drug-likeness (QED) is 0.425. The molecule has 9 heteroatoms. The van der Waals surface area contributed by atoms with Gasteiger partial charge in [-0.3, -0.25) is 0 Å². The van der Waals surface area contributed by atoms with E-state index in [1.54, 1.807) is 11.6 Å². The van der Waals surface area contributed by atoms with E-state index in [0.29, 0.717) is 24.8 Å². The van der Waals surface area contributed by atoms with Crippen LogP contribution in [0.4, 0.5) is 17.3 Å². The maximum absolute atomic E-state index is 11.8. The van der Waals surface area contributed by atoms with Crippen LogP contribution >= 0.6 is 0 Å². The number of aromatic nitrogens is 3. The highest BCUT2D eigenvalue weighted by molar-refractivity contribution is 5.94. The van der Waals surface area contributed by atoms with Crippen LogP contribution in [0, 0.1) is 0 Å². The first kappa shape index (κ1) is 21.6. The first-order chi connectivity index (χ1) is 16.5. The molecule has 9 nitrogen and oxygen atoms in total. The van der Waals surface area contributed by atoms with Crippen molar-refractivity contribution in [2.45, 2.75) is 19.4 Å². The van der Waals surface area contributed by atoms with Crippen molar-refractivity contribution in [2.75, 3.05) is 31.0 Å². The van der Waals surface area contributed by atoms with Crippen molar-refractivity contribution in [3.63, 3.8) is 0 Å². The SMILES string of the molecule is COc1ccc(CN(C)c2cc(Nc3cccc4c3OCCC4)nc3c(C(=O)O)cnn23)cc1. The van der Waals surface area contributed by atoms with Crippen molar-refractivity contribution in [3.8, 4) is 11.5 Å². The molecule has 0 radical (unpaired) electrons. The maximum Gasteiger partial charge on any atom is 0.341 e. The number of benzene rings is 2. The van der Waals surface area contributed by atoms with Gasteiger partial charge in [0.2, 0.25) is 0 Å². The van der Waals surface area contributed by atoms with Gasteiger partial charge in [-0.05, 0) is 42.2 Å². The fourth-order valence-corrected chi connectivity index (χ4v) is 4.15. The minimum Gasteiger partial charge on any atom is -0.497 e. The van der Waals surface area contributed by atoms with E-state index in [2.05, 4.69) is 21.5 Å².